The van der Waals surface area contributed by atoms with Gasteiger partial charge in [-0.1, -0.05) is 24.3 Å². The van der Waals surface area contributed by atoms with Crippen LogP contribution in [0.2, 0.25) is 0 Å². The summed E-state index contributed by atoms with van der Waals surface area (Å²) in [4.78, 5) is 13.8. The molecule has 0 fully saturated rings. The van der Waals surface area contributed by atoms with Crippen molar-refractivity contribution < 1.29 is 9.90 Å². The molecular formula is C15H25N3O2. The Labute approximate surface area is 121 Å². The second-order valence-corrected chi connectivity index (χ2v) is 5.25. The van der Waals surface area contributed by atoms with Crippen LogP contribution in [0.15, 0.2) is 24.3 Å². The molecule has 1 aromatic rings. The zero-order valence-electron chi connectivity index (χ0n) is 12.5. The van der Waals surface area contributed by atoms with E-state index in [4.69, 9.17) is 5.11 Å². The lowest BCUT2D eigenvalue weighted by Crippen LogP contribution is -2.40. The Bertz CT molecular complexity index is 421. The molecule has 0 saturated carbocycles. The summed E-state index contributed by atoms with van der Waals surface area (Å²) in [5, 5.41) is 14.4. The molecule has 1 aromatic carbocycles. The van der Waals surface area contributed by atoms with E-state index in [1.807, 2.05) is 39.2 Å². The standard InChI is InChI=1S/C15H25N3O2/c1-12(8-9-19)17-15(20)16-10-13-6-4-5-7-14(13)11-18(2)3/h4-7,12,19H,8-11H2,1-3H3,(H2,16,17,20)/t12-/m1/s1. The first-order valence-electron chi connectivity index (χ1n) is 6.89. The molecule has 1 rings (SSSR count). The number of nitrogens with one attached hydrogen (secondary N) is 2. The van der Waals surface area contributed by atoms with Crippen molar-refractivity contribution in [2.75, 3.05) is 20.7 Å². The second kappa shape index (κ2) is 8.55. The van der Waals surface area contributed by atoms with E-state index in [2.05, 4.69) is 21.6 Å². The van der Waals surface area contributed by atoms with Gasteiger partial charge in [-0.05, 0) is 38.6 Å². The highest BCUT2D eigenvalue weighted by molar-refractivity contribution is 5.74. The minimum atomic E-state index is -0.203. The van der Waals surface area contributed by atoms with Crippen molar-refractivity contribution in [3.63, 3.8) is 0 Å². The van der Waals surface area contributed by atoms with Crippen molar-refractivity contribution >= 4 is 6.03 Å². The van der Waals surface area contributed by atoms with Gasteiger partial charge < -0.3 is 20.6 Å². The van der Waals surface area contributed by atoms with Crippen LogP contribution in [0, 0.1) is 0 Å². The molecule has 0 aliphatic heterocycles. The van der Waals surface area contributed by atoms with Crippen molar-refractivity contribution in [3.8, 4) is 0 Å². The maximum atomic E-state index is 11.7. The van der Waals surface area contributed by atoms with Crippen molar-refractivity contribution in [1.29, 1.82) is 0 Å². The molecule has 0 bridgehead atoms. The van der Waals surface area contributed by atoms with Crippen LogP contribution in [0.3, 0.4) is 0 Å². The molecule has 5 heteroatoms. The van der Waals surface area contributed by atoms with Gasteiger partial charge in [-0.25, -0.2) is 4.79 Å². The molecule has 0 aromatic heterocycles. The Hall–Kier alpha value is -1.59. The van der Waals surface area contributed by atoms with E-state index in [1.165, 1.54) is 5.56 Å². The highest BCUT2D eigenvalue weighted by atomic mass is 16.3. The average Bonchev–Trinajstić information content (AvgIpc) is 2.37. The number of carbonyl (C=O) groups is 1. The maximum Gasteiger partial charge on any atom is 0.315 e. The Morgan fingerprint density at radius 1 is 1.30 bits per heavy atom. The lowest BCUT2D eigenvalue weighted by atomic mass is 10.1. The third-order valence-corrected chi connectivity index (χ3v) is 2.98. The molecule has 2 amide bonds. The molecule has 1 atom stereocenters. The fraction of sp³-hybridized carbons (Fsp3) is 0.533. The van der Waals surface area contributed by atoms with Crippen molar-refractivity contribution in [3.05, 3.63) is 35.4 Å². The van der Waals surface area contributed by atoms with E-state index >= 15 is 0 Å². The molecule has 0 heterocycles. The average molecular weight is 279 g/mol. The minimum absolute atomic E-state index is 0.0305. The molecular weight excluding hydrogens is 254 g/mol. The van der Waals surface area contributed by atoms with Gasteiger partial charge in [-0.2, -0.15) is 0 Å². The van der Waals surface area contributed by atoms with Gasteiger partial charge >= 0.3 is 6.03 Å². The van der Waals surface area contributed by atoms with Gasteiger partial charge in [0.2, 0.25) is 0 Å². The summed E-state index contributed by atoms with van der Waals surface area (Å²) in [6.45, 7) is 3.30. The van der Waals surface area contributed by atoms with E-state index in [0.717, 1.165) is 12.1 Å². The molecule has 0 radical (unpaired) electrons. The van der Waals surface area contributed by atoms with Crippen LogP contribution in [-0.4, -0.2) is 42.8 Å². The summed E-state index contributed by atoms with van der Waals surface area (Å²) in [5.74, 6) is 0. The molecule has 3 N–H and O–H groups in total. The first-order valence-corrected chi connectivity index (χ1v) is 6.89. The number of hydrogen-bond acceptors (Lipinski definition) is 3. The summed E-state index contributed by atoms with van der Waals surface area (Å²) in [6.07, 6.45) is 0.560. The fourth-order valence-electron chi connectivity index (χ4n) is 1.94. The highest BCUT2D eigenvalue weighted by Gasteiger charge is 2.08. The Morgan fingerprint density at radius 3 is 2.55 bits per heavy atom. The van der Waals surface area contributed by atoms with Crippen LogP contribution < -0.4 is 10.6 Å². The monoisotopic (exact) mass is 279 g/mol. The topological polar surface area (TPSA) is 64.6 Å². The zero-order valence-corrected chi connectivity index (χ0v) is 12.5. The summed E-state index contributed by atoms with van der Waals surface area (Å²) in [7, 11) is 4.04. The normalized spacial score (nSPS) is 12.2. The summed E-state index contributed by atoms with van der Waals surface area (Å²) in [5.41, 5.74) is 2.33. The van der Waals surface area contributed by atoms with Gasteiger partial charge in [0.05, 0.1) is 0 Å². The summed E-state index contributed by atoms with van der Waals surface area (Å²) < 4.78 is 0. The number of aliphatic hydroxyl groups excluding tert-OH is 1. The number of aliphatic hydroxyl groups is 1. The lowest BCUT2D eigenvalue weighted by Gasteiger charge is -2.16. The predicted molar refractivity (Wildman–Crippen MR) is 80.4 cm³/mol. The molecule has 112 valence electrons. The van der Waals surface area contributed by atoms with E-state index in [0.29, 0.717) is 13.0 Å². The molecule has 0 unspecified atom stereocenters. The first kappa shape index (κ1) is 16.5. The Morgan fingerprint density at radius 2 is 1.95 bits per heavy atom. The summed E-state index contributed by atoms with van der Waals surface area (Å²) >= 11 is 0. The van der Waals surface area contributed by atoms with E-state index in [9.17, 15) is 4.79 Å². The van der Waals surface area contributed by atoms with Crippen LogP contribution in [0.1, 0.15) is 24.5 Å². The maximum absolute atomic E-state index is 11.7. The van der Waals surface area contributed by atoms with Crippen LogP contribution in [-0.2, 0) is 13.1 Å². The van der Waals surface area contributed by atoms with Crippen LogP contribution >= 0.6 is 0 Å². The van der Waals surface area contributed by atoms with Gasteiger partial charge in [-0.15, -0.1) is 0 Å². The number of nitrogens with zero attached hydrogens (tertiary/aromatic N) is 1. The van der Waals surface area contributed by atoms with Gasteiger partial charge in [0.25, 0.3) is 0 Å². The molecule has 20 heavy (non-hydrogen) atoms. The molecule has 0 aliphatic rings. The van der Waals surface area contributed by atoms with Crippen molar-refractivity contribution in [2.24, 2.45) is 0 Å². The van der Waals surface area contributed by atoms with Gasteiger partial charge in [0, 0.05) is 25.7 Å². The largest absolute Gasteiger partial charge is 0.396 e. The van der Waals surface area contributed by atoms with Gasteiger partial charge in [0.1, 0.15) is 0 Å². The Balaban J connectivity index is 2.50. The second-order valence-electron chi connectivity index (χ2n) is 5.25. The van der Waals surface area contributed by atoms with E-state index in [1.54, 1.807) is 0 Å². The van der Waals surface area contributed by atoms with E-state index < -0.39 is 0 Å². The number of carbonyl (C=O) groups excluding carboxylic acids is 1. The third-order valence-electron chi connectivity index (χ3n) is 2.98. The van der Waals surface area contributed by atoms with Gasteiger partial charge in [0.15, 0.2) is 0 Å². The molecule has 0 spiro atoms. The van der Waals surface area contributed by atoms with Gasteiger partial charge in [-0.3, -0.25) is 0 Å². The molecule has 0 saturated heterocycles. The smallest absolute Gasteiger partial charge is 0.315 e. The van der Waals surface area contributed by atoms with Crippen molar-refractivity contribution in [2.45, 2.75) is 32.5 Å². The fourth-order valence-corrected chi connectivity index (χ4v) is 1.94. The highest BCUT2D eigenvalue weighted by Crippen LogP contribution is 2.10. The number of rotatable bonds is 7. The van der Waals surface area contributed by atoms with Crippen LogP contribution in [0.5, 0.6) is 0 Å². The van der Waals surface area contributed by atoms with Crippen LogP contribution in [0.4, 0.5) is 4.79 Å². The quantitative estimate of drug-likeness (QED) is 0.705. The predicted octanol–water partition coefficient (Wildman–Crippen LogP) is 1.32. The number of amides is 2. The number of hydrogen-bond donors (Lipinski definition) is 3. The van der Waals surface area contributed by atoms with E-state index in [-0.39, 0.29) is 18.7 Å². The Kier molecular flexibility index (Phi) is 7.04. The SMILES string of the molecule is C[C@H](CCO)NC(=O)NCc1ccccc1CN(C)C. The lowest BCUT2D eigenvalue weighted by molar-refractivity contribution is 0.230. The van der Waals surface area contributed by atoms with Crippen LogP contribution in [0.25, 0.3) is 0 Å². The minimum Gasteiger partial charge on any atom is -0.396 e. The third kappa shape index (κ3) is 6.04. The first-order chi connectivity index (χ1) is 9.52. The number of urea groups is 1. The summed E-state index contributed by atoms with van der Waals surface area (Å²) in [6, 6.07) is 7.84. The number of benzene rings is 1. The zero-order chi connectivity index (χ0) is 15.0. The molecule has 0 aliphatic carbocycles. The molecule has 5 nitrogen and oxygen atoms in total. The van der Waals surface area contributed by atoms with Crippen molar-refractivity contribution in [1.82, 2.24) is 15.5 Å².